The first-order valence-corrected chi connectivity index (χ1v) is 8.00. The second-order valence-corrected chi connectivity index (χ2v) is 6.35. The quantitative estimate of drug-likeness (QED) is 0.826. The average molecular weight is 331 g/mol. The van der Waals surface area contributed by atoms with E-state index in [1.54, 1.807) is 12.4 Å². The molecule has 3 rings (SSSR count). The third kappa shape index (κ3) is 3.54. The van der Waals surface area contributed by atoms with Gasteiger partial charge in [0, 0.05) is 29.4 Å². The molecule has 1 heterocycles. The molecule has 0 amide bonds. The Kier molecular flexibility index (Phi) is 4.64. The monoisotopic (exact) mass is 330 g/mol. The summed E-state index contributed by atoms with van der Waals surface area (Å²) in [6, 6.07) is 11.1. The first kappa shape index (κ1) is 16.0. The zero-order chi connectivity index (χ0) is 16.3. The fourth-order valence-corrected chi connectivity index (χ4v) is 3.03. The highest BCUT2D eigenvalue weighted by Gasteiger charge is 2.44. The Morgan fingerprint density at radius 2 is 2.22 bits per heavy atom. The third-order valence-corrected chi connectivity index (χ3v) is 4.62. The van der Waals surface area contributed by atoms with Gasteiger partial charge in [0.25, 0.3) is 0 Å². The molecule has 0 saturated heterocycles. The molecule has 1 aliphatic rings. The van der Waals surface area contributed by atoms with E-state index in [2.05, 4.69) is 16.4 Å². The van der Waals surface area contributed by atoms with Gasteiger partial charge in [0.1, 0.15) is 6.04 Å². The van der Waals surface area contributed by atoms with Crippen molar-refractivity contribution in [3.63, 3.8) is 0 Å². The number of ether oxygens (including phenoxy) is 1. The van der Waals surface area contributed by atoms with E-state index in [9.17, 15) is 4.79 Å². The number of methoxy groups -OCH3 is 1. The highest BCUT2D eigenvalue weighted by molar-refractivity contribution is 6.30. The van der Waals surface area contributed by atoms with E-state index in [4.69, 9.17) is 16.3 Å². The van der Waals surface area contributed by atoms with Crippen molar-refractivity contribution in [2.75, 3.05) is 13.7 Å². The molecule has 1 aliphatic carbocycles. The lowest BCUT2D eigenvalue weighted by atomic mass is 9.95. The van der Waals surface area contributed by atoms with E-state index in [1.807, 2.05) is 30.3 Å². The van der Waals surface area contributed by atoms with Crippen molar-refractivity contribution in [1.29, 1.82) is 0 Å². The van der Waals surface area contributed by atoms with Gasteiger partial charge >= 0.3 is 5.97 Å². The number of pyridine rings is 1. The number of carbonyl (C=O) groups excluding carboxylic acids is 1. The minimum atomic E-state index is -0.509. The van der Waals surface area contributed by atoms with Crippen LogP contribution in [0.3, 0.4) is 0 Å². The SMILES string of the molecule is COC(=O)C(NCC1(c2cccc(Cl)c2)CC1)c1cccnc1. The lowest BCUT2D eigenvalue weighted by molar-refractivity contribution is -0.143. The van der Waals surface area contributed by atoms with Crippen molar-refractivity contribution in [1.82, 2.24) is 10.3 Å². The molecule has 0 aliphatic heterocycles. The minimum absolute atomic E-state index is 0.0549. The molecule has 120 valence electrons. The molecule has 0 spiro atoms. The largest absolute Gasteiger partial charge is 0.468 e. The molecule has 5 heteroatoms. The van der Waals surface area contributed by atoms with Crippen molar-refractivity contribution in [3.8, 4) is 0 Å². The predicted molar refractivity (Wildman–Crippen MR) is 89.4 cm³/mol. The van der Waals surface area contributed by atoms with Crippen molar-refractivity contribution in [2.45, 2.75) is 24.3 Å². The van der Waals surface area contributed by atoms with E-state index >= 15 is 0 Å². The van der Waals surface area contributed by atoms with E-state index in [0.717, 1.165) is 23.4 Å². The lowest BCUT2D eigenvalue weighted by Crippen LogP contribution is -2.35. The van der Waals surface area contributed by atoms with Gasteiger partial charge in [0.05, 0.1) is 7.11 Å². The van der Waals surface area contributed by atoms with Gasteiger partial charge in [0.2, 0.25) is 0 Å². The van der Waals surface area contributed by atoms with Gasteiger partial charge in [-0.05, 0) is 42.2 Å². The highest BCUT2D eigenvalue weighted by atomic mass is 35.5. The summed E-state index contributed by atoms with van der Waals surface area (Å²) in [5.41, 5.74) is 2.08. The molecule has 2 aromatic rings. The van der Waals surface area contributed by atoms with Gasteiger partial charge in [-0.3, -0.25) is 10.3 Å². The molecule has 0 radical (unpaired) electrons. The second-order valence-electron chi connectivity index (χ2n) is 5.91. The van der Waals surface area contributed by atoms with Crippen LogP contribution in [-0.2, 0) is 14.9 Å². The summed E-state index contributed by atoms with van der Waals surface area (Å²) >= 11 is 6.11. The number of carbonyl (C=O) groups is 1. The molecule has 23 heavy (non-hydrogen) atoms. The number of nitrogens with zero attached hydrogens (tertiary/aromatic N) is 1. The van der Waals surface area contributed by atoms with Gasteiger partial charge in [0.15, 0.2) is 0 Å². The predicted octanol–water partition coefficient (Wildman–Crippen LogP) is 3.27. The lowest BCUT2D eigenvalue weighted by Gasteiger charge is -2.22. The molecular weight excluding hydrogens is 312 g/mol. The first-order valence-electron chi connectivity index (χ1n) is 7.62. The Morgan fingerprint density at radius 1 is 1.39 bits per heavy atom. The van der Waals surface area contributed by atoms with Crippen molar-refractivity contribution < 1.29 is 9.53 Å². The fraction of sp³-hybridized carbons (Fsp3) is 0.333. The molecular formula is C18H19ClN2O2. The number of hydrogen-bond acceptors (Lipinski definition) is 4. The molecule has 0 bridgehead atoms. The van der Waals surface area contributed by atoms with E-state index in [-0.39, 0.29) is 11.4 Å². The van der Waals surface area contributed by atoms with Gasteiger partial charge < -0.3 is 4.74 Å². The third-order valence-electron chi connectivity index (χ3n) is 4.39. The summed E-state index contributed by atoms with van der Waals surface area (Å²) in [5, 5.41) is 4.09. The van der Waals surface area contributed by atoms with Crippen LogP contribution in [0.15, 0.2) is 48.8 Å². The van der Waals surface area contributed by atoms with Crippen LogP contribution in [0, 0.1) is 0 Å². The minimum Gasteiger partial charge on any atom is -0.468 e. The molecule has 1 aromatic carbocycles. The number of halogens is 1. The van der Waals surface area contributed by atoms with Crippen LogP contribution in [0.4, 0.5) is 0 Å². The highest BCUT2D eigenvalue weighted by Crippen LogP contribution is 2.48. The summed E-state index contributed by atoms with van der Waals surface area (Å²) in [7, 11) is 1.40. The zero-order valence-electron chi connectivity index (χ0n) is 13.0. The Balaban J connectivity index is 1.76. The van der Waals surface area contributed by atoms with Crippen LogP contribution >= 0.6 is 11.6 Å². The smallest absolute Gasteiger partial charge is 0.327 e. The number of rotatable bonds is 6. The van der Waals surface area contributed by atoms with Crippen LogP contribution < -0.4 is 5.32 Å². The van der Waals surface area contributed by atoms with Crippen LogP contribution in [0.25, 0.3) is 0 Å². The summed E-state index contributed by atoms with van der Waals surface area (Å²) in [4.78, 5) is 16.2. The zero-order valence-corrected chi connectivity index (χ0v) is 13.7. The Bertz CT molecular complexity index is 686. The van der Waals surface area contributed by atoms with Gasteiger partial charge in [-0.25, -0.2) is 4.79 Å². The average Bonchev–Trinajstić information content (AvgIpc) is 3.37. The maximum absolute atomic E-state index is 12.1. The summed E-state index contributed by atoms with van der Waals surface area (Å²) < 4.78 is 4.93. The first-order chi connectivity index (χ1) is 11.1. The molecule has 1 unspecified atom stereocenters. The number of aromatic nitrogens is 1. The molecule has 1 atom stereocenters. The van der Waals surface area contributed by atoms with Gasteiger partial charge in [-0.15, -0.1) is 0 Å². The molecule has 1 saturated carbocycles. The van der Waals surface area contributed by atoms with Gasteiger partial charge in [-0.1, -0.05) is 29.8 Å². The Hall–Kier alpha value is -1.91. The second kappa shape index (κ2) is 6.69. The molecule has 1 fully saturated rings. The molecule has 4 nitrogen and oxygen atoms in total. The number of hydrogen-bond donors (Lipinski definition) is 1. The Morgan fingerprint density at radius 3 is 2.83 bits per heavy atom. The van der Waals surface area contributed by atoms with E-state index < -0.39 is 6.04 Å². The van der Waals surface area contributed by atoms with Gasteiger partial charge in [-0.2, -0.15) is 0 Å². The fourth-order valence-electron chi connectivity index (χ4n) is 2.84. The van der Waals surface area contributed by atoms with Crippen LogP contribution in [-0.4, -0.2) is 24.6 Å². The standard InChI is InChI=1S/C18H19ClN2O2/c1-23-17(22)16(13-4-3-9-20-11-13)21-12-18(7-8-18)14-5-2-6-15(19)10-14/h2-6,9-11,16,21H,7-8,12H2,1H3. The number of nitrogens with one attached hydrogen (secondary N) is 1. The summed E-state index contributed by atoms with van der Waals surface area (Å²) in [6.45, 7) is 0.696. The topological polar surface area (TPSA) is 51.2 Å². The number of benzene rings is 1. The summed E-state index contributed by atoms with van der Waals surface area (Å²) in [5.74, 6) is -0.306. The van der Waals surface area contributed by atoms with E-state index in [0.29, 0.717) is 6.54 Å². The van der Waals surface area contributed by atoms with Crippen LogP contribution in [0.2, 0.25) is 5.02 Å². The number of esters is 1. The van der Waals surface area contributed by atoms with E-state index in [1.165, 1.54) is 12.7 Å². The molecule has 1 aromatic heterocycles. The van der Waals surface area contributed by atoms with Crippen LogP contribution in [0.5, 0.6) is 0 Å². The van der Waals surface area contributed by atoms with Crippen molar-refractivity contribution in [2.24, 2.45) is 0 Å². The van der Waals surface area contributed by atoms with Crippen molar-refractivity contribution in [3.05, 3.63) is 64.9 Å². The maximum atomic E-state index is 12.1. The normalized spacial score (nSPS) is 16.6. The van der Waals surface area contributed by atoms with Crippen molar-refractivity contribution >= 4 is 17.6 Å². The Labute approximate surface area is 140 Å². The van der Waals surface area contributed by atoms with Crippen LogP contribution in [0.1, 0.15) is 30.0 Å². The maximum Gasteiger partial charge on any atom is 0.327 e. The molecule has 1 N–H and O–H groups in total. The summed E-state index contributed by atoms with van der Waals surface area (Å²) in [6.07, 6.45) is 5.54.